The van der Waals surface area contributed by atoms with E-state index in [2.05, 4.69) is 44.8 Å². The summed E-state index contributed by atoms with van der Waals surface area (Å²) in [6.45, 7) is 4.19. The molecular formula is C29H31N7O2S. The normalized spacial score (nSPS) is 20.0. The van der Waals surface area contributed by atoms with E-state index in [1.165, 1.54) is 5.56 Å². The standard InChI is InChI=1S/C29H31N7O2S/c30-15-20-11-22(17-31-16-20)21-1-6-25-26(14-21)39-29(33-25)35-28-13-19(18-36-7-9-38-10-8-36)12-27(34-28)32-23-2-4-24(37)5-3-23/h1,6,11-14,16-17,23-24,37H,2-5,7-10,18H2,(H2,32,33,34,35)/t23-,24-. The first-order valence-corrected chi connectivity index (χ1v) is 14.2. The number of pyridine rings is 2. The minimum absolute atomic E-state index is 0.188. The number of thiazole rings is 1. The fraction of sp³-hybridized carbons (Fsp3) is 0.379. The second-order valence-electron chi connectivity index (χ2n) is 10.2. The molecule has 9 nitrogen and oxygen atoms in total. The van der Waals surface area contributed by atoms with Gasteiger partial charge in [-0.2, -0.15) is 5.26 Å². The van der Waals surface area contributed by atoms with Crippen molar-refractivity contribution in [2.24, 2.45) is 0 Å². The number of hydrogen-bond acceptors (Lipinski definition) is 10. The van der Waals surface area contributed by atoms with E-state index in [1.807, 2.05) is 18.2 Å². The fourth-order valence-corrected chi connectivity index (χ4v) is 6.10. The van der Waals surface area contributed by atoms with E-state index in [0.29, 0.717) is 11.6 Å². The van der Waals surface area contributed by atoms with E-state index in [1.54, 1.807) is 23.7 Å². The predicted molar refractivity (Wildman–Crippen MR) is 153 cm³/mol. The fourth-order valence-electron chi connectivity index (χ4n) is 5.19. The molecule has 0 radical (unpaired) electrons. The Labute approximate surface area is 231 Å². The molecule has 0 spiro atoms. The average Bonchev–Trinajstić information content (AvgIpc) is 3.36. The summed E-state index contributed by atoms with van der Waals surface area (Å²) in [5, 5.41) is 27.0. The van der Waals surface area contributed by atoms with Gasteiger partial charge in [0.1, 0.15) is 17.7 Å². The maximum Gasteiger partial charge on any atom is 0.189 e. The first-order chi connectivity index (χ1) is 19.1. The van der Waals surface area contributed by atoms with Gasteiger partial charge in [0.2, 0.25) is 0 Å². The van der Waals surface area contributed by atoms with E-state index in [9.17, 15) is 10.4 Å². The van der Waals surface area contributed by atoms with E-state index < -0.39 is 0 Å². The lowest BCUT2D eigenvalue weighted by atomic mass is 9.93. The quantitative estimate of drug-likeness (QED) is 0.300. The predicted octanol–water partition coefficient (Wildman–Crippen LogP) is 4.92. The monoisotopic (exact) mass is 541 g/mol. The van der Waals surface area contributed by atoms with Crippen LogP contribution in [0.4, 0.5) is 16.8 Å². The molecule has 0 unspecified atom stereocenters. The summed E-state index contributed by atoms with van der Waals surface area (Å²) in [6.07, 6.45) is 6.66. The SMILES string of the molecule is N#Cc1cncc(-c2ccc3nc(Nc4cc(CN5CCOCC5)cc(N[C@H]5CC[C@H](O)CC5)n4)sc3c2)c1. The average molecular weight is 542 g/mol. The van der Waals surface area contributed by atoms with Crippen molar-refractivity contribution >= 4 is 38.3 Å². The molecule has 10 heteroatoms. The molecule has 3 N–H and O–H groups in total. The summed E-state index contributed by atoms with van der Waals surface area (Å²) in [5.74, 6) is 1.60. The highest BCUT2D eigenvalue weighted by Gasteiger charge is 2.20. The number of morpholine rings is 1. The Hall–Kier alpha value is -3.62. The van der Waals surface area contributed by atoms with E-state index >= 15 is 0 Å². The molecule has 2 aliphatic rings. The molecule has 39 heavy (non-hydrogen) atoms. The second-order valence-corrected chi connectivity index (χ2v) is 11.2. The van der Waals surface area contributed by atoms with Crippen LogP contribution in [0.25, 0.3) is 21.3 Å². The summed E-state index contributed by atoms with van der Waals surface area (Å²) < 4.78 is 6.57. The van der Waals surface area contributed by atoms with Crippen molar-refractivity contribution in [1.82, 2.24) is 19.9 Å². The van der Waals surface area contributed by atoms with Gasteiger partial charge >= 0.3 is 0 Å². The molecule has 3 aromatic heterocycles. The maximum atomic E-state index is 9.90. The van der Waals surface area contributed by atoms with Gasteiger partial charge < -0.3 is 20.5 Å². The van der Waals surface area contributed by atoms with Gasteiger partial charge in [-0.15, -0.1) is 0 Å². The number of rotatable bonds is 7. The number of fused-ring (bicyclic) bond motifs is 1. The molecular weight excluding hydrogens is 510 g/mol. The third-order valence-corrected chi connectivity index (χ3v) is 8.20. The van der Waals surface area contributed by atoms with Gasteiger partial charge in [-0.05, 0) is 67.1 Å². The van der Waals surface area contributed by atoms with E-state index in [4.69, 9.17) is 14.7 Å². The van der Waals surface area contributed by atoms with Crippen molar-refractivity contribution in [3.63, 3.8) is 0 Å². The first kappa shape index (κ1) is 25.6. The van der Waals surface area contributed by atoms with E-state index in [0.717, 1.165) is 96.6 Å². The van der Waals surface area contributed by atoms with Crippen molar-refractivity contribution in [3.05, 3.63) is 59.9 Å². The smallest absolute Gasteiger partial charge is 0.189 e. The number of aliphatic hydroxyl groups excluding tert-OH is 1. The Kier molecular flexibility index (Phi) is 7.65. The summed E-state index contributed by atoms with van der Waals surface area (Å²) in [5.41, 5.74) is 4.52. The van der Waals surface area contributed by atoms with Gasteiger partial charge in [0.05, 0.1) is 35.1 Å². The zero-order valence-electron chi connectivity index (χ0n) is 21.6. The molecule has 1 aliphatic heterocycles. The van der Waals surface area contributed by atoms with Gasteiger partial charge in [0.25, 0.3) is 0 Å². The zero-order chi connectivity index (χ0) is 26.6. The molecule has 6 rings (SSSR count). The molecule has 0 atom stereocenters. The molecule has 1 aromatic carbocycles. The van der Waals surface area contributed by atoms with Crippen LogP contribution in [0.5, 0.6) is 0 Å². The first-order valence-electron chi connectivity index (χ1n) is 13.4. The lowest BCUT2D eigenvalue weighted by Gasteiger charge is -2.28. The lowest BCUT2D eigenvalue weighted by Crippen LogP contribution is -2.35. The molecule has 200 valence electrons. The van der Waals surface area contributed by atoms with Crippen molar-refractivity contribution in [2.75, 3.05) is 36.9 Å². The minimum atomic E-state index is -0.188. The molecule has 1 saturated carbocycles. The van der Waals surface area contributed by atoms with Crippen LogP contribution < -0.4 is 10.6 Å². The van der Waals surface area contributed by atoms with E-state index in [-0.39, 0.29) is 6.10 Å². The summed E-state index contributed by atoms with van der Waals surface area (Å²) in [6, 6.07) is 14.6. The van der Waals surface area contributed by atoms with Crippen LogP contribution in [0.3, 0.4) is 0 Å². The van der Waals surface area contributed by atoms with Gasteiger partial charge in [0, 0.05) is 43.6 Å². The van der Waals surface area contributed by atoms with Crippen LogP contribution in [0.2, 0.25) is 0 Å². The highest BCUT2D eigenvalue weighted by molar-refractivity contribution is 7.22. The number of aromatic nitrogens is 3. The number of anilines is 3. The Bertz CT molecular complexity index is 1490. The molecule has 0 bridgehead atoms. The number of nitriles is 1. The number of nitrogens with one attached hydrogen (secondary N) is 2. The Balaban J connectivity index is 1.25. The van der Waals surface area contributed by atoms with Crippen LogP contribution in [-0.2, 0) is 11.3 Å². The largest absolute Gasteiger partial charge is 0.393 e. The van der Waals surface area contributed by atoms with Crippen LogP contribution in [0.15, 0.2) is 48.8 Å². The number of aliphatic hydroxyl groups is 1. The second kappa shape index (κ2) is 11.6. The highest BCUT2D eigenvalue weighted by Crippen LogP contribution is 2.32. The molecule has 4 aromatic rings. The van der Waals surface area contributed by atoms with Crippen LogP contribution in [0, 0.1) is 11.3 Å². The molecule has 0 amide bonds. The van der Waals surface area contributed by atoms with Gasteiger partial charge in [-0.3, -0.25) is 9.88 Å². The van der Waals surface area contributed by atoms with Crippen molar-refractivity contribution in [1.29, 1.82) is 5.26 Å². The number of hydrogen-bond donors (Lipinski definition) is 3. The summed E-state index contributed by atoms with van der Waals surface area (Å²) in [7, 11) is 0. The third-order valence-electron chi connectivity index (χ3n) is 7.27. The van der Waals surface area contributed by atoms with Crippen molar-refractivity contribution in [3.8, 4) is 17.2 Å². The summed E-state index contributed by atoms with van der Waals surface area (Å²) in [4.78, 5) is 16.3. The molecule has 4 heterocycles. The lowest BCUT2D eigenvalue weighted by molar-refractivity contribution is 0.0342. The minimum Gasteiger partial charge on any atom is -0.393 e. The Morgan fingerprint density at radius 3 is 2.64 bits per heavy atom. The van der Waals surface area contributed by atoms with Gasteiger partial charge in [-0.1, -0.05) is 17.4 Å². The highest BCUT2D eigenvalue weighted by atomic mass is 32.1. The Morgan fingerprint density at radius 1 is 1.00 bits per heavy atom. The molecule has 2 fully saturated rings. The maximum absolute atomic E-state index is 9.90. The number of nitrogens with zero attached hydrogens (tertiary/aromatic N) is 5. The third kappa shape index (κ3) is 6.34. The van der Waals surface area contributed by atoms with Crippen molar-refractivity contribution in [2.45, 2.75) is 44.4 Å². The van der Waals surface area contributed by atoms with Gasteiger partial charge in [-0.25, -0.2) is 9.97 Å². The molecule has 1 aliphatic carbocycles. The van der Waals surface area contributed by atoms with Crippen LogP contribution >= 0.6 is 11.3 Å². The van der Waals surface area contributed by atoms with Gasteiger partial charge in [0.15, 0.2) is 5.13 Å². The molecule has 1 saturated heterocycles. The zero-order valence-corrected chi connectivity index (χ0v) is 22.5. The number of benzene rings is 1. The number of ether oxygens (including phenoxy) is 1. The Morgan fingerprint density at radius 2 is 1.82 bits per heavy atom. The topological polar surface area (TPSA) is 119 Å². The summed E-state index contributed by atoms with van der Waals surface area (Å²) >= 11 is 1.57. The van der Waals surface area contributed by atoms with Crippen LogP contribution in [-0.4, -0.2) is 63.4 Å². The van der Waals surface area contributed by atoms with Crippen LogP contribution in [0.1, 0.15) is 36.8 Å². The van der Waals surface area contributed by atoms with Crippen molar-refractivity contribution < 1.29 is 9.84 Å².